The molecule has 1 fully saturated rings. The molecule has 198 valence electrons. The van der Waals surface area contributed by atoms with Gasteiger partial charge in [-0.15, -0.1) is 0 Å². The molecule has 1 aliphatic carbocycles. The molecular formula is C30H25FN2O6. The molecule has 7 rings (SSSR count). The van der Waals surface area contributed by atoms with Gasteiger partial charge in [0.15, 0.2) is 41.2 Å². The molecule has 0 aromatic heterocycles. The van der Waals surface area contributed by atoms with Gasteiger partial charge in [0.25, 0.3) is 5.91 Å². The molecule has 3 aromatic rings. The summed E-state index contributed by atoms with van der Waals surface area (Å²) < 4.78 is 41.8. The Kier molecular flexibility index (Phi) is 5.83. The summed E-state index contributed by atoms with van der Waals surface area (Å²) in [6.45, 7) is 0.0379. The summed E-state index contributed by atoms with van der Waals surface area (Å²) in [7, 11) is 0. The van der Waals surface area contributed by atoms with Crippen LogP contribution in [0.25, 0.3) is 6.08 Å². The van der Waals surface area contributed by atoms with E-state index in [0.29, 0.717) is 17.2 Å². The van der Waals surface area contributed by atoms with Crippen LogP contribution in [0.3, 0.4) is 0 Å². The minimum atomic E-state index is -0.520. The van der Waals surface area contributed by atoms with E-state index in [4.69, 9.17) is 28.8 Å². The second-order valence-electron chi connectivity index (χ2n) is 9.78. The predicted octanol–water partition coefficient (Wildman–Crippen LogP) is 5.49. The molecule has 1 amide bonds. The second kappa shape index (κ2) is 9.65. The summed E-state index contributed by atoms with van der Waals surface area (Å²) in [6.07, 6.45) is 4.77. The Bertz CT molecular complexity index is 1520. The van der Waals surface area contributed by atoms with Gasteiger partial charge in [-0.25, -0.2) is 9.40 Å². The highest BCUT2D eigenvalue weighted by Gasteiger charge is 2.44. The maximum absolute atomic E-state index is 14.1. The number of benzene rings is 3. The lowest BCUT2D eigenvalue weighted by Gasteiger charge is -2.29. The van der Waals surface area contributed by atoms with Crippen LogP contribution >= 0.6 is 0 Å². The number of nitrogens with zero attached hydrogens (tertiary/aromatic N) is 2. The molecule has 2 atom stereocenters. The molecule has 0 bridgehead atoms. The first kappa shape index (κ1) is 23.6. The minimum Gasteiger partial charge on any atom is -0.481 e. The van der Waals surface area contributed by atoms with Gasteiger partial charge in [0.2, 0.25) is 13.6 Å². The fourth-order valence-electron chi connectivity index (χ4n) is 5.61. The summed E-state index contributed by atoms with van der Waals surface area (Å²) in [5.74, 6) is 1.89. The number of ether oxygens (including phenoxy) is 5. The molecule has 3 aromatic carbocycles. The van der Waals surface area contributed by atoms with Crippen LogP contribution in [-0.2, 0) is 4.79 Å². The van der Waals surface area contributed by atoms with Crippen molar-refractivity contribution in [2.24, 2.45) is 11.0 Å². The first-order valence-corrected chi connectivity index (χ1v) is 12.9. The Morgan fingerprint density at radius 2 is 1.72 bits per heavy atom. The van der Waals surface area contributed by atoms with Gasteiger partial charge in [-0.2, -0.15) is 5.10 Å². The molecule has 0 saturated heterocycles. The Labute approximate surface area is 224 Å². The number of halogens is 1. The fraction of sp³-hybridized carbons (Fsp3) is 0.267. The van der Waals surface area contributed by atoms with Crippen molar-refractivity contribution in [1.82, 2.24) is 5.01 Å². The zero-order valence-corrected chi connectivity index (χ0v) is 21.0. The molecular weight excluding hydrogens is 503 g/mol. The molecule has 39 heavy (non-hydrogen) atoms. The van der Waals surface area contributed by atoms with E-state index in [1.54, 1.807) is 12.1 Å². The third-order valence-electron chi connectivity index (χ3n) is 7.42. The number of carbonyl (C=O) groups excluding carboxylic acids is 1. The monoisotopic (exact) mass is 528 g/mol. The molecule has 0 N–H and O–H groups in total. The number of hydrogen-bond acceptors (Lipinski definition) is 7. The van der Waals surface area contributed by atoms with Gasteiger partial charge in [0, 0.05) is 5.92 Å². The van der Waals surface area contributed by atoms with Crippen LogP contribution in [0.5, 0.6) is 28.7 Å². The van der Waals surface area contributed by atoms with Crippen molar-refractivity contribution in [3.8, 4) is 28.7 Å². The number of hydrogen-bond donors (Lipinski definition) is 0. The Balaban J connectivity index is 1.23. The smallest absolute Gasteiger partial charge is 0.281 e. The average Bonchev–Trinajstić information content (AvgIpc) is 3.70. The SMILES string of the molecule is O=C(COc1ccccc1F)N1N=C2/C(=C\c3ccc4c(c3)OCO4)CCC[C@@H]2[C@H]1c1ccc2c(c1)OCO2. The van der Waals surface area contributed by atoms with Crippen molar-refractivity contribution in [2.45, 2.75) is 25.3 Å². The lowest BCUT2D eigenvalue weighted by molar-refractivity contribution is -0.135. The van der Waals surface area contributed by atoms with E-state index >= 15 is 0 Å². The van der Waals surface area contributed by atoms with E-state index < -0.39 is 5.82 Å². The van der Waals surface area contributed by atoms with E-state index in [9.17, 15) is 9.18 Å². The van der Waals surface area contributed by atoms with Gasteiger partial charge >= 0.3 is 0 Å². The molecule has 1 saturated carbocycles. The molecule has 0 unspecified atom stereocenters. The summed E-state index contributed by atoms with van der Waals surface area (Å²) in [6, 6.07) is 17.2. The quantitative estimate of drug-likeness (QED) is 0.436. The van der Waals surface area contributed by atoms with Crippen molar-refractivity contribution in [3.05, 3.63) is 83.2 Å². The molecule has 4 aliphatic rings. The summed E-state index contributed by atoms with van der Waals surface area (Å²) in [5, 5.41) is 6.37. The Morgan fingerprint density at radius 3 is 2.54 bits per heavy atom. The van der Waals surface area contributed by atoms with E-state index in [2.05, 4.69) is 6.08 Å². The van der Waals surface area contributed by atoms with Crippen LogP contribution in [0.1, 0.15) is 36.4 Å². The molecule has 0 spiro atoms. The van der Waals surface area contributed by atoms with E-state index in [1.807, 2.05) is 36.4 Å². The van der Waals surface area contributed by atoms with E-state index in [1.165, 1.54) is 17.1 Å². The van der Waals surface area contributed by atoms with Crippen molar-refractivity contribution in [2.75, 3.05) is 20.2 Å². The Hall–Kier alpha value is -4.53. The van der Waals surface area contributed by atoms with Gasteiger partial charge in [0.1, 0.15) is 0 Å². The number of para-hydroxylation sites is 1. The number of hydrazone groups is 1. The number of allylic oxidation sites excluding steroid dienone is 1. The van der Waals surface area contributed by atoms with E-state index in [0.717, 1.165) is 47.4 Å². The predicted molar refractivity (Wildman–Crippen MR) is 139 cm³/mol. The number of carbonyl (C=O) groups is 1. The summed E-state index contributed by atoms with van der Waals surface area (Å²) in [4.78, 5) is 13.5. The van der Waals surface area contributed by atoms with Gasteiger partial charge < -0.3 is 23.7 Å². The first-order chi connectivity index (χ1) is 19.1. The van der Waals surface area contributed by atoms with Crippen LogP contribution in [0, 0.1) is 11.7 Å². The lowest BCUT2D eigenvalue weighted by Crippen LogP contribution is -2.34. The molecule has 9 heteroatoms. The molecule has 0 radical (unpaired) electrons. The third-order valence-corrected chi connectivity index (χ3v) is 7.42. The van der Waals surface area contributed by atoms with Gasteiger partial charge in [0.05, 0.1) is 11.8 Å². The highest BCUT2D eigenvalue weighted by Crippen LogP contribution is 2.46. The highest BCUT2D eigenvalue weighted by atomic mass is 19.1. The van der Waals surface area contributed by atoms with Crippen molar-refractivity contribution in [1.29, 1.82) is 0 Å². The van der Waals surface area contributed by atoms with Gasteiger partial charge in [-0.1, -0.05) is 24.3 Å². The third kappa shape index (κ3) is 4.33. The standard InChI is InChI=1S/C30H25FN2O6/c31-22-6-1-2-7-23(22)35-15-28(34)33-30(20-9-11-25-27(14-20)39-17-37-25)21-5-3-4-19(29(21)32-33)12-18-8-10-24-26(13-18)38-16-36-24/h1-2,6-14,21,30H,3-5,15-17H2/b19-12-/t21-,30+/m0/s1. The number of rotatable bonds is 5. The van der Waals surface area contributed by atoms with Crippen LogP contribution < -0.4 is 23.7 Å². The fourth-order valence-corrected chi connectivity index (χ4v) is 5.61. The topological polar surface area (TPSA) is 78.8 Å². The van der Waals surface area contributed by atoms with Crippen LogP contribution in [0.2, 0.25) is 0 Å². The average molecular weight is 529 g/mol. The molecule has 3 heterocycles. The summed E-state index contributed by atoms with van der Waals surface area (Å²) in [5.41, 5.74) is 3.82. The summed E-state index contributed by atoms with van der Waals surface area (Å²) >= 11 is 0. The van der Waals surface area contributed by atoms with Crippen LogP contribution in [0.4, 0.5) is 4.39 Å². The van der Waals surface area contributed by atoms with Crippen molar-refractivity contribution < 1.29 is 32.9 Å². The van der Waals surface area contributed by atoms with Crippen molar-refractivity contribution in [3.63, 3.8) is 0 Å². The zero-order chi connectivity index (χ0) is 26.3. The van der Waals surface area contributed by atoms with Crippen LogP contribution in [0.15, 0.2) is 71.3 Å². The molecule has 8 nitrogen and oxygen atoms in total. The maximum Gasteiger partial charge on any atom is 0.281 e. The Morgan fingerprint density at radius 1 is 0.974 bits per heavy atom. The van der Waals surface area contributed by atoms with Gasteiger partial charge in [-0.3, -0.25) is 4.79 Å². The first-order valence-electron chi connectivity index (χ1n) is 12.9. The maximum atomic E-state index is 14.1. The number of fused-ring (bicyclic) bond motifs is 3. The second-order valence-corrected chi connectivity index (χ2v) is 9.78. The lowest BCUT2D eigenvalue weighted by atomic mass is 9.77. The largest absolute Gasteiger partial charge is 0.481 e. The molecule has 3 aliphatic heterocycles. The normalized spacial score (nSPS) is 21.6. The highest BCUT2D eigenvalue weighted by molar-refractivity contribution is 6.08. The number of amides is 1. The van der Waals surface area contributed by atoms with Crippen molar-refractivity contribution >= 4 is 17.7 Å². The van der Waals surface area contributed by atoms with E-state index in [-0.39, 0.29) is 43.8 Å². The van der Waals surface area contributed by atoms with Crippen LogP contribution in [-0.4, -0.2) is 36.8 Å². The van der Waals surface area contributed by atoms with Gasteiger partial charge in [-0.05, 0) is 78.4 Å². The minimum absolute atomic E-state index is 0.0169. The zero-order valence-electron chi connectivity index (χ0n) is 21.0.